The van der Waals surface area contributed by atoms with E-state index in [4.69, 9.17) is 4.74 Å². The number of esters is 1. The van der Waals surface area contributed by atoms with Gasteiger partial charge in [0.05, 0.1) is 13.7 Å². The summed E-state index contributed by atoms with van der Waals surface area (Å²) in [7, 11) is 1.40. The van der Waals surface area contributed by atoms with Crippen molar-refractivity contribution >= 4 is 17.7 Å². The fraction of sp³-hybridized carbons (Fsp3) is 0.211. The van der Waals surface area contributed by atoms with Crippen molar-refractivity contribution in [1.29, 1.82) is 0 Å². The number of aromatic nitrogens is 3. The van der Waals surface area contributed by atoms with Crippen molar-refractivity contribution in [2.24, 2.45) is 0 Å². The molecule has 25 heavy (non-hydrogen) atoms. The Labute approximate surface area is 151 Å². The zero-order valence-corrected chi connectivity index (χ0v) is 14.9. The maximum atomic E-state index is 12.3. The van der Waals surface area contributed by atoms with Gasteiger partial charge in [-0.05, 0) is 18.1 Å². The van der Waals surface area contributed by atoms with Gasteiger partial charge >= 0.3 is 5.97 Å². The molecule has 1 atom stereocenters. The number of aryl methyl sites for hydroxylation is 1. The highest BCUT2D eigenvalue weighted by molar-refractivity contribution is 8.00. The molecule has 0 fully saturated rings. The molecule has 0 bridgehead atoms. The fourth-order valence-electron chi connectivity index (χ4n) is 2.49. The lowest BCUT2D eigenvalue weighted by Gasteiger charge is -2.15. The lowest BCUT2D eigenvalue weighted by molar-refractivity contribution is -0.140. The minimum atomic E-state index is -0.482. The number of rotatable bonds is 6. The van der Waals surface area contributed by atoms with E-state index >= 15 is 0 Å². The number of hydrogen-bond donors (Lipinski definition) is 0. The number of hydrogen-bond acceptors (Lipinski definition) is 5. The second kappa shape index (κ2) is 7.98. The Morgan fingerprint density at radius 3 is 2.36 bits per heavy atom. The molecular weight excluding hydrogens is 334 g/mol. The van der Waals surface area contributed by atoms with E-state index in [1.54, 1.807) is 0 Å². The van der Waals surface area contributed by atoms with Crippen LogP contribution in [0.5, 0.6) is 0 Å². The summed E-state index contributed by atoms with van der Waals surface area (Å²) < 4.78 is 7.00. The third kappa shape index (κ3) is 4.09. The Balaban J connectivity index is 1.89. The van der Waals surface area contributed by atoms with Gasteiger partial charge in [-0.3, -0.25) is 4.79 Å². The Hall–Kier alpha value is -2.60. The van der Waals surface area contributed by atoms with E-state index in [1.165, 1.54) is 18.9 Å². The van der Waals surface area contributed by atoms with Crippen LogP contribution in [-0.4, -0.2) is 27.8 Å². The van der Waals surface area contributed by atoms with E-state index < -0.39 is 5.25 Å². The first kappa shape index (κ1) is 17.2. The molecule has 0 saturated carbocycles. The molecule has 0 saturated heterocycles. The first-order valence-electron chi connectivity index (χ1n) is 7.92. The topological polar surface area (TPSA) is 57.0 Å². The normalized spacial score (nSPS) is 11.9. The third-order valence-electron chi connectivity index (χ3n) is 3.83. The monoisotopic (exact) mass is 353 g/mol. The molecule has 3 rings (SSSR count). The molecule has 0 aliphatic rings. The van der Waals surface area contributed by atoms with Crippen LogP contribution in [0.1, 0.15) is 22.2 Å². The predicted molar refractivity (Wildman–Crippen MR) is 97.4 cm³/mol. The van der Waals surface area contributed by atoms with E-state index in [0.717, 1.165) is 17.0 Å². The lowest BCUT2D eigenvalue weighted by Crippen LogP contribution is -2.13. The van der Waals surface area contributed by atoms with Crippen molar-refractivity contribution in [3.05, 3.63) is 77.6 Å². The molecule has 0 N–H and O–H groups in total. The number of carbonyl (C=O) groups excluding carboxylic acids is 1. The van der Waals surface area contributed by atoms with E-state index in [0.29, 0.717) is 11.7 Å². The minimum Gasteiger partial charge on any atom is -0.468 e. The molecule has 0 spiro atoms. The van der Waals surface area contributed by atoms with Gasteiger partial charge in [-0.25, -0.2) is 0 Å². The van der Waals surface area contributed by atoms with Crippen LogP contribution in [-0.2, 0) is 16.1 Å². The van der Waals surface area contributed by atoms with Crippen molar-refractivity contribution in [1.82, 2.24) is 14.8 Å². The van der Waals surface area contributed by atoms with Crippen LogP contribution in [0.4, 0.5) is 0 Å². The largest absolute Gasteiger partial charge is 0.468 e. The third-order valence-corrected chi connectivity index (χ3v) is 5.04. The second-order valence-electron chi connectivity index (χ2n) is 5.53. The van der Waals surface area contributed by atoms with Gasteiger partial charge in [0.2, 0.25) is 0 Å². The molecule has 0 amide bonds. The number of ether oxygens (including phenoxy) is 1. The summed E-state index contributed by atoms with van der Waals surface area (Å²) in [6.07, 6.45) is 0. The van der Waals surface area contributed by atoms with Gasteiger partial charge in [-0.15, -0.1) is 10.2 Å². The van der Waals surface area contributed by atoms with E-state index in [-0.39, 0.29) is 5.97 Å². The molecule has 5 nitrogen and oxygen atoms in total. The smallest absolute Gasteiger partial charge is 0.323 e. The molecule has 1 unspecified atom stereocenters. The summed E-state index contributed by atoms with van der Waals surface area (Å²) >= 11 is 1.36. The van der Waals surface area contributed by atoms with E-state index in [9.17, 15) is 4.79 Å². The zero-order valence-electron chi connectivity index (χ0n) is 14.1. The highest BCUT2D eigenvalue weighted by atomic mass is 32.2. The molecule has 2 aromatic carbocycles. The lowest BCUT2D eigenvalue weighted by atomic mass is 10.1. The molecule has 6 heteroatoms. The number of nitrogens with zero attached hydrogens (tertiary/aromatic N) is 3. The van der Waals surface area contributed by atoms with Crippen molar-refractivity contribution in [3.8, 4) is 0 Å². The van der Waals surface area contributed by atoms with Crippen LogP contribution < -0.4 is 0 Å². The summed E-state index contributed by atoms with van der Waals surface area (Å²) in [6.45, 7) is 2.57. The molecule has 128 valence electrons. The first-order valence-corrected chi connectivity index (χ1v) is 8.80. The average Bonchev–Trinajstić information content (AvgIpc) is 3.00. The summed E-state index contributed by atoms with van der Waals surface area (Å²) in [5, 5.41) is 8.66. The first-order chi connectivity index (χ1) is 12.2. The second-order valence-corrected chi connectivity index (χ2v) is 6.61. The number of methoxy groups -OCH3 is 1. The number of carbonyl (C=O) groups is 1. The van der Waals surface area contributed by atoms with Gasteiger partial charge in [0, 0.05) is 0 Å². The van der Waals surface area contributed by atoms with Crippen LogP contribution in [0, 0.1) is 6.92 Å². The maximum Gasteiger partial charge on any atom is 0.323 e. The van der Waals surface area contributed by atoms with Gasteiger partial charge in [-0.1, -0.05) is 72.4 Å². The van der Waals surface area contributed by atoms with Crippen molar-refractivity contribution < 1.29 is 9.53 Å². The maximum absolute atomic E-state index is 12.3. The Bertz CT molecular complexity index is 834. The molecule has 0 radical (unpaired) electrons. The Kier molecular flexibility index (Phi) is 5.50. The van der Waals surface area contributed by atoms with Crippen molar-refractivity contribution in [2.75, 3.05) is 7.11 Å². The van der Waals surface area contributed by atoms with Crippen LogP contribution in [0.3, 0.4) is 0 Å². The predicted octanol–water partition coefficient (Wildman–Crippen LogP) is 3.64. The SMILES string of the molecule is COC(=O)C(Sc1nnc(C)n1Cc1ccccc1)c1ccccc1. The summed E-state index contributed by atoms with van der Waals surface area (Å²) in [4.78, 5) is 12.3. The van der Waals surface area contributed by atoms with Crippen molar-refractivity contribution in [2.45, 2.75) is 23.9 Å². The molecule has 1 heterocycles. The standard InChI is InChI=1S/C19H19N3O2S/c1-14-20-21-19(22(14)13-15-9-5-3-6-10-15)25-17(18(23)24-2)16-11-7-4-8-12-16/h3-12,17H,13H2,1-2H3. The molecule has 0 aliphatic heterocycles. The quantitative estimate of drug-likeness (QED) is 0.500. The van der Waals surface area contributed by atoms with Crippen LogP contribution >= 0.6 is 11.8 Å². The Morgan fingerprint density at radius 2 is 1.72 bits per heavy atom. The summed E-state index contributed by atoms with van der Waals surface area (Å²) in [5.41, 5.74) is 2.04. The molecular formula is C19H19N3O2S. The van der Waals surface area contributed by atoms with Crippen LogP contribution in [0.15, 0.2) is 65.8 Å². The minimum absolute atomic E-state index is 0.303. The average molecular weight is 353 g/mol. The highest BCUT2D eigenvalue weighted by Gasteiger charge is 2.25. The summed E-state index contributed by atoms with van der Waals surface area (Å²) in [5.74, 6) is 0.506. The fourth-order valence-corrected chi connectivity index (χ4v) is 3.60. The highest BCUT2D eigenvalue weighted by Crippen LogP contribution is 2.35. The van der Waals surface area contributed by atoms with Crippen LogP contribution in [0.2, 0.25) is 0 Å². The summed E-state index contributed by atoms with van der Waals surface area (Å²) in [6, 6.07) is 19.7. The van der Waals surface area contributed by atoms with Gasteiger partial charge in [0.15, 0.2) is 5.16 Å². The van der Waals surface area contributed by atoms with E-state index in [1.807, 2.05) is 60.0 Å². The molecule has 3 aromatic rings. The van der Waals surface area contributed by atoms with Gasteiger partial charge < -0.3 is 9.30 Å². The van der Waals surface area contributed by atoms with Gasteiger partial charge in [0.25, 0.3) is 0 Å². The van der Waals surface area contributed by atoms with Gasteiger partial charge in [0.1, 0.15) is 11.1 Å². The zero-order chi connectivity index (χ0) is 17.6. The van der Waals surface area contributed by atoms with Crippen LogP contribution in [0.25, 0.3) is 0 Å². The number of benzene rings is 2. The number of thioether (sulfide) groups is 1. The van der Waals surface area contributed by atoms with E-state index in [2.05, 4.69) is 22.3 Å². The molecule has 1 aromatic heterocycles. The van der Waals surface area contributed by atoms with Gasteiger partial charge in [-0.2, -0.15) is 0 Å². The van der Waals surface area contributed by atoms with Crippen molar-refractivity contribution in [3.63, 3.8) is 0 Å². The Morgan fingerprint density at radius 1 is 1.08 bits per heavy atom. The molecule has 0 aliphatic carbocycles.